The van der Waals surface area contributed by atoms with Crippen LogP contribution < -0.4 is 5.32 Å². The maximum atomic E-state index is 10.8. The van der Waals surface area contributed by atoms with Crippen molar-refractivity contribution in [3.8, 4) is 0 Å². The molecule has 0 bridgehead atoms. The highest BCUT2D eigenvalue weighted by Crippen LogP contribution is 1.91. The lowest BCUT2D eigenvalue weighted by Crippen LogP contribution is -2.29. The topological polar surface area (TPSA) is 72.5 Å². The van der Waals surface area contributed by atoms with Crippen LogP contribution in [-0.4, -0.2) is 31.3 Å². The second-order valence-electron chi connectivity index (χ2n) is 3.46. The maximum Gasteiger partial charge on any atom is 0.305 e. The Balaban J connectivity index is -0.000000241. The van der Waals surface area contributed by atoms with E-state index in [9.17, 15) is 14.4 Å². The molecule has 0 saturated heterocycles. The summed E-state index contributed by atoms with van der Waals surface area (Å²) in [5, 5.41) is 2.44. The molecule has 1 amide bonds. The van der Waals surface area contributed by atoms with E-state index < -0.39 is 0 Å². The van der Waals surface area contributed by atoms with Gasteiger partial charge in [0.05, 0.1) is 13.7 Å². The van der Waals surface area contributed by atoms with Gasteiger partial charge in [0.2, 0.25) is 5.91 Å². The molecule has 1 N–H and O–H groups in total. The van der Waals surface area contributed by atoms with E-state index in [-0.39, 0.29) is 30.1 Å². The molecule has 0 aromatic rings. The molecule has 0 radical (unpaired) electrons. The Morgan fingerprint density at radius 3 is 1.78 bits per heavy atom. The minimum absolute atomic E-state index is 0.00634. The zero-order valence-corrected chi connectivity index (χ0v) is 12.6. The standard InChI is InChI=1S/C7H13NO2.C4H8O2.C2H6/c1-5(2)7(10)4-8-6(3)9;1-3-4(5)6-2;1-2/h5H,4H2,1-3H3,(H,8,9);3H2,1-2H3;1-2H3. The summed E-state index contributed by atoms with van der Waals surface area (Å²) in [6, 6.07) is 0. The first-order chi connectivity index (χ1) is 8.34. The largest absolute Gasteiger partial charge is 0.469 e. The van der Waals surface area contributed by atoms with Crippen LogP contribution in [0.3, 0.4) is 0 Å². The molecule has 0 atom stereocenters. The first-order valence-corrected chi connectivity index (χ1v) is 6.19. The second-order valence-corrected chi connectivity index (χ2v) is 3.46. The van der Waals surface area contributed by atoms with Gasteiger partial charge in [0.25, 0.3) is 0 Å². The Hall–Kier alpha value is -1.39. The Morgan fingerprint density at radius 2 is 1.61 bits per heavy atom. The summed E-state index contributed by atoms with van der Waals surface area (Å²) in [6.45, 7) is 10.9. The van der Waals surface area contributed by atoms with Crippen molar-refractivity contribution in [3.05, 3.63) is 0 Å². The quantitative estimate of drug-likeness (QED) is 0.785. The number of rotatable bonds is 4. The van der Waals surface area contributed by atoms with Crippen LogP contribution in [0.1, 0.15) is 48.0 Å². The number of amides is 1. The van der Waals surface area contributed by atoms with Crippen LogP contribution >= 0.6 is 0 Å². The van der Waals surface area contributed by atoms with Crippen molar-refractivity contribution in [1.29, 1.82) is 0 Å². The molecule has 5 nitrogen and oxygen atoms in total. The van der Waals surface area contributed by atoms with Gasteiger partial charge in [0.15, 0.2) is 5.78 Å². The van der Waals surface area contributed by atoms with Crippen LogP contribution in [-0.2, 0) is 19.1 Å². The van der Waals surface area contributed by atoms with E-state index in [1.165, 1.54) is 14.0 Å². The summed E-state index contributed by atoms with van der Waals surface area (Å²) in [4.78, 5) is 31.1. The maximum absolute atomic E-state index is 10.8. The van der Waals surface area contributed by atoms with Crippen LogP contribution in [0.5, 0.6) is 0 Å². The summed E-state index contributed by atoms with van der Waals surface area (Å²) in [7, 11) is 1.38. The molecule has 0 aromatic carbocycles. The molecule has 0 aromatic heterocycles. The molecule has 0 spiro atoms. The molecule has 0 heterocycles. The Kier molecular flexibility index (Phi) is 18.9. The van der Waals surface area contributed by atoms with Crippen LogP contribution in [0, 0.1) is 5.92 Å². The lowest BCUT2D eigenvalue weighted by atomic mass is 10.1. The molecule has 0 aliphatic rings. The normalized spacial score (nSPS) is 8.22. The third kappa shape index (κ3) is 20.1. The Labute approximate surface area is 110 Å². The van der Waals surface area contributed by atoms with E-state index in [1.807, 2.05) is 27.7 Å². The van der Waals surface area contributed by atoms with Crippen LogP contribution in [0.4, 0.5) is 0 Å². The number of Topliss-reactive ketones (excluding diaryl/α,β-unsaturated/α-hetero) is 1. The van der Waals surface area contributed by atoms with Crippen molar-refractivity contribution in [2.24, 2.45) is 5.92 Å². The van der Waals surface area contributed by atoms with Crippen molar-refractivity contribution in [1.82, 2.24) is 5.32 Å². The molecular formula is C13H27NO4. The zero-order valence-electron chi connectivity index (χ0n) is 12.6. The molecular weight excluding hydrogens is 234 g/mol. The van der Waals surface area contributed by atoms with Crippen molar-refractivity contribution in [2.45, 2.75) is 48.0 Å². The number of ketones is 1. The summed E-state index contributed by atoms with van der Waals surface area (Å²) in [5.74, 6) is -0.244. The molecule has 0 rings (SSSR count). The number of methoxy groups -OCH3 is 1. The highest BCUT2D eigenvalue weighted by atomic mass is 16.5. The number of hydrogen-bond donors (Lipinski definition) is 1. The molecule has 0 aliphatic carbocycles. The second kappa shape index (κ2) is 15.6. The molecule has 0 aliphatic heterocycles. The average Bonchev–Trinajstić information content (AvgIpc) is 2.37. The highest BCUT2D eigenvalue weighted by Gasteiger charge is 2.05. The van der Waals surface area contributed by atoms with E-state index in [1.54, 1.807) is 6.92 Å². The van der Waals surface area contributed by atoms with Gasteiger partial charge in [-0.1, -0.05) is 34.6 Å². The summed E-state index contributed by atoms with van der Waals surface area (Å²) < 4.78 is 4.26. The van der Waals surface area contributed by atoms with Gasteiger partial charge in [-0.15, -0.1) is 0 Å². The van der Waals surface area contributed by atoms with E-state index in [0.29, 0.717) is 6.42 Å². The first kappa shape index (κ1) is 21.9. The van der Waals surface area contributed by atoms with Crippen LogP contribution in [0.2, 0.25) is 0 Å². The van der Waals surface area contributed by atoms with Crippen LogP contribution in [0.25, 0.3) is 0 Å². The average molecular weight is 261 g/mol. The lowest BCUT2D eigenvalue weighted by Gasteiger charge is -2.02. The SMILES string of the molecule is CC.CC(=O)NCC(=O)C(C)C.CCC(=O)OC. The van der Waals surface area contributed by atoms with E-state index in [4.69, 9.17) is 0 Å². The van der Waals surface area contributed by atoms with Gasteiger partial charge in [-0.25, -0.2) is 0 Å². The molecule has 5 heteroatoms. The third-order valence-electron chi connectivity index (χ3n) is 1.67. The predicted octanol–water partition coefficient (Wildman–Crippen LogP) is 1.94. The number of hydrogen-bond acceptors (Lipinski definition) is 4. The van der Waals surface area contributed by atoms with Crippen LogP contribution in [0.15, 0.2) is 0 Å². The van der Waals surface area contributed by atoms with Crippen molar-refractivity contribution in [2.75, 3.05) is 13.7 Å². The summed E-state index contributed by atoms with van der Waals surface area (Å²) in [6.07, 6.45) is 0.469. The van der Waals surface area contributed by atoms with Crippen molar-refractivity contribution >= 4 is 17.7 Å². The van der Waals surface area contributed by atoms with Crippen molar-refractivity contribution < 1.29 is 19.1 Å². The fraction of sp³-hybridized carbons (Fsp3) is 0.769. The first-order valence-electron chi connectivity index (χ1n) is 6.19. The Bertz CT molecular complexity index is 231. The molecule has 18 heavy (non-hydrogen) atoms. The van der Waals surface area contributed by atoms with E-state index in [2.05, 4.69) is 10.1 Å². The fourth-order valence-corrected chi connectivity index (χ4v) is 0.560. The zero-order chi connectivity index (χ0) is 15.1. The smallest absolute Gasteiger partial charge is 0.305 e. The van der Waals surface area contributed by atoms with E-state index in [0.717, 1.165) is 0 Å². The number of ether oxygens (including phenoxy) is 1. The van der Waals surface area contributed by atoms with Gasteiger partial charge in [-0.3, -0.25) is 14.4 Å². The van der Waals surface area contributed by atoms with Gasteiger partial charge in [-0.05, 0) is 0 Å². The monoisotopic (exact) mass is 261 g/mol. The van der Waals surface area contributed by atoms with Gasteiger partial charge >= 0.3 is 5.97 Å². The predicted molar refractivity (Wildman–Crippen MR) is 72.2 cm³/mol. The Morgan fingerprint density at radius 1 is 1.17 bits per heavy atom. The number of carbonyl (C=O) groups excluding carboxylic acids is 3. The lowest BCUT2D eigenvalue weighted by molar-refractivity contribution is -0.140. The van der Waals surface area contributed by atoms with Gasteiger partial charge < -0.3 is 10.1 Å². The summed E-state index contributed by atoms with van der Waals surface area (Å²) in [5.41, 5.74) is 0. The number of carbonyl (C=O) groups is 3. The van der Waals surface area contributed by atoms with Gasteiger partial charge in [-0.2, -0.15) is 0 Å². The number of nitrogens with one attached hydrogen (secondary N) is 1. The highest BCUT2D eigenvalue weighted by molar-refractivity contribution is 5.86. The van der Waals surface area contributed by atoms with Gasteiger partial charge in [0.1, 0.15) is 0 Å². The molecule has 0 fully saturated rings. The minimum Gasteiger partial charge on any atom is -0.469 e. The van der Waals surface area contributed by atoms with Gasteiger partial charge in [0, 0.05) is 19.3 Å². The molecule has 108 valence electrons. The minimum atomic E-state index is -0.158. The fourth-order valence-electron chi connectivity index (χ4n) is 0.560. The summed E-state index contributed by atoms with van der Waals surface area (Å²) >= 11 is 0. The third-order valence-corrected chi connectivity index (χ3v) is 1.67. The molecule has 0 saturated carbocycles. The number of esters is 1. The van der Waals surface area contributed by atoms with Crippen molar-refractivity contribution in [3.63, 3.8) is 0 Å². The molecule has 0 unspecified atom stereocenters. The van der Waals surface area contributed by atoms with E-state index >= 15 is 0 Å².